The van der Waals surface area contributed by atoms with Crippen molar-refractivity contribution in [2.75, 3.05) is 10.7 Å². The molecule has 162 valence electrons. The zero-order valence-electron chi connectivity index (χ0n) is 18.1. The van der Waals surface area contributed by atoms with Crippen molar-refractivity contribution in [2.45, 2.75) is 69.8 Å². The number of amides is 2. The number of rotatable bonds is 10. The highest BCUT2D eigenvalue weighted by molar-refractivity contribution is 8.01. The van der Waals surface area contributed by atoms with E-state index < -0.39 is 0 Å². The van der Waals surface area contributed by atoms with E-state index in [1.807, 2.05) is 13.8 Å². The molecule has 1 fully saturated rings. The van der Waals surface area contributed by atoms with Gasteiger partial charge in [-0.05, 0) is 43.2 Å². The lowest BCUT2D eigenvalue weighted by molar-refractivity contribution is -0.119. The Bertz CT molecular complexity index is 862. The van der Waals surface area contributed by atoms with Crippen LogP contribution >= 0.6 is 23.1 Å². The van der Waals surface area contributed by atoms with E-state index in [4.69, 9.17) is 0 Å². The zero-order chi connectivity index (χ0) is 21.7. The van der Waals surface area contributed by atoms with Crippen molar-refractivity contribution in [3.05, 3.63) is 35.4 Å². The van der Waals surface area contributed by atoms with E-state index in [2.05, 4.69) is 53.6 Å². The number of nitrogens with one attached hydrogen (secondary N) is 1. The summed E-state index contributed by atoms with van der Waals surface area (Å²) >= 11 is 2.74. The van der Waals surface area contributed by atoms with Gasteiger partial charge in [0.1, 0.15) is 0 Å². The first-order chi connectivity index (χ1) is 14.4. The summed E-state index contributed by atoms with van der Waals surface area (Å²) in [6.07, 6.45) is 3.56. The van der Waals surface area contributed by atoms with Crippen LogP contribution in [0.4, 0.5) is 5.13 Å². The Kier molecular flexibility index (Phi) is 7.88. The molecular weight excluding hydrogens is 416 g/mol. The van der Waals surface area contributed by atoms with Crippen LogP contribution in [0, 0.1) is 5.92 Å². The van der Waals surface area contributed by atoms with Gasteiger partial charge in [0.15, 0.2) is 4.34 Å². The largest absolute Gasteiger partial charge is 0.349 e. The fourth-order valence-corrected chi connectivity index (χ4v) is 4.98. The minimum Gasteiger partial charge on any atom is -0.349 e. The average molecular weight is 447 g/mol. The lowest BCUT2D eigenvalue weighted by Gasteiger charge is -2.17. The van der Waals surface area contributed by atoms with E-state index in [-0.39, 0.29) is 29.7 Å². The topological polar surface area (TPSA) is 75.2 Å². The van der Waals surface area contributed by atoms with Gasteiger partial charge < -0.3 is 5.32 Å². The predicted molar refractivity (Wildman–Crippen MR) is 123 cm³/mol. The molecule has 30 heavy (non-hydrogen) atoms. The minimum atomic E-state index is -0.0521. The van der Waals surface area contributed by atoms with E-state index in [9.17, 15) is 9.59 Å². The normalized spacial score (nSPS) is 14.6. The number of benzene rings is 1. The summed E-state index contributed by atoms with van der Waals surface area (Å²) in [5.41, 5.74) is 2.41. The molecule has 2 aromatic rings. The molecular formula is C22H30N4O2S2. The van der Waals surface area contributed by atoms with Crippen LogP contribution in [0.3, 0.4) is 0 Å². The van der Waals surface area contributed by atoms with Gasteiger partial charge in [-0.3, -0.25) is 14.5 Å². The molecule has 1 aliphatic rings. The van der Waals surface area contributed by atoms with E-state index in [1.165, 1.54) is 28.7 Å². The van der Waals surface area contributed by atoms with Crippen LogP contribution < -0.4 is 10.2 Å². The van der Waals surface area contributed by atoms with Crippen molar-refractivity contribution in [1.82, 2.24) is 15.5 Å². The minimum absolute atomic E-state index is 0.0424. The van der Waals surface area contributed by atoms with Crippen molar-refractivity contribution in [3.8, 4) is 0 Å². The maximum absolute atomic E-state index is 12.4. The number of thioether (sulfide) groups is 1. The van der Waals surface area contributed by atoms with Crippen molar-refractivity contribution < 1.29 is 9.59 Å². The Balaban J connectivity index is 1.50. The van der Waals surface area contributed by atoms with Gasteiger partial charge in [-0.2, -0.15) is 0 Å². The van der Waals surface area contributed by atoms with Gasteiger partial charge in [0.2, 0.25) is 16.9 Å². The summed E-state index contributed by atoms with van der Waals surface area (Å²) in [4.78, 5) is 26.3. The second-order valence-electron chi connectivity index (χ2n) is 8.12. The van der Waals surface area contributed by atoms with Crippen molar-refractivity contribution >= 4 is 40.0 Å². The first kappa shape index (κ1) is 22.7. The zero-order valence-corrected chi connectivity index (χ0v) is 19.7. The van der Waals surface area contributed by atoms with Gasteiger partial charge >= 0.3 is 0 Å². The molecule has 0 radical (unpaired) electrons. The third-order valence-corrected chi connectivity index (χ3v) is 6.97. The highest BCUT2D eigenvalue weighted by Crippen LogP contribution is 2.36. The van der Waals surface area contributed by atoms with E-state index in [0.717, 1.165) is 24.8 Å². The average Bonchev–Trinajstić information content (AvgIpc) is 3.43. The molecule has 2 amide bonds. The fraction of sp³-hybridized carbons (Fsp3) is 0.545. The Morgan fingerprint density at radius 3 is 2.50 bits per heavy atom. The van der Waals surface area contributed by atoms with E-state index in [1.54, 1.807) is 4.90 Å². The summed E-state index contributed by atoms with van der Waals surface area (Å²) in [5.74, 6) is 0.938. The van der Waals surface area contributed by atoms with Gasteiger partial charge in [0.05, 0.1) is 11.8 Å². The summed E-state index contributed by atoms with van der Waals surface area (Å²) in [6.45, 7) is 8.27. The second-order valence-corrected chi connectivity index (χ2v) is 10.3. The SMILES string of the molecule is CCC(=O)N(c1nnc(SCC(=O)NC(C)c2ccc(CC(C)C)cc2)s1)C1CC1. The summed E-state index contributed by atoms with van der Waals surface area (Å²) < 4.78 is 0.709. The molecule has 0 saturated heterocycles. The molecule has 1 atom stereocenters. The third-order valence-electron chi connectivity index (χ3n) is 4.91. The molecule has 1 unspecified atom stereocenters. The number of carbonyl (C=O) groups is 2. The third kappa shape index (κ3) is 6.28. The summed E-state index contributed by atoms with van der Waals surface area (Å²) in [6, 6.07) is 8.66. The number of nitrogens with zero attached hydrogens (tertiary/aromatic N) is 3. The first-order valence-electron chi connectivity index (χ1n) is 10.5. The van der Waals surface area contributed by atoms with Crippen LogP contribution in [-0.4, -0.2) is 33.8 Å². The van der Waals surface area contributed by atoms with Gasteiger partial charge in [0.25, 0.3) is 0 Å². The Labute approximate surface area is 186 Å². The lowest BCUT2D eigenvalue weighted by atomic mass is 10.00. The predicted octanol–water partition coefficient (Wildman–Crippen LogP) is 4.61. The molecule has 1 aromatic carbocycles. The summed E-state index contributed by atoms with van der Waals surface area (Å²) in [7, 11) is 0. The van der Waals surface area contributed by atoms with Crippen LogP contribution in [0.15, 0.2) is 28.6 Å². The number of carbonyl (C=O) groups excluding carboxylic acids is 2. The Hall–Kier alpha value is -1.93. The van der Waals surface area contributed by atoms with E-state index >= 15 is 0 Å². The molecule has 1 heterocycles. The van der Waals surface area contributed by atoms with Crippen LogP contribution in [0.25, 0.3) is 0 Å². The molecule has 1 aromatic heterocycles. The van der Waals surface area contributed by atoms with Crippen LogP contribution in [0.5, 0.6) is 0 Å². The monoisotopic (exact) mass is 446 g/mol. The molecule has 0 aliphatic heterocycles. The standard InChI is InChI=1S/C22H30N4O2S2/c1-5-20(28)26(18-10-11-18)21-24-25-22(30-21)29-13-19(27)23-15(4)17-8-6-16(7-9-17)12-14(2)3/h6-9,14-15,18H,5,10-13H2,1-4H3,(H,23,27). The smallest absolute Gasteiger partial charge is 0.230 e. The second kappa shape index (κ2) is 10.4. The number of anilines is 1. The highest BCUT2D eigenvalue weighted by Gasteiger charge is 2.35. The van der Waals surface area contributed by atoms with Gasteiger partial charge in [0, 0.05) is 12.5 Å². The molecule has 3 rings (SSSR count). The quantitative estimate of drug-likeness (QED) is 0.426. The van der Waals surface area contributed by atoms with E-state index in [0.29, 0.717) is 21.8 Å². The van der Waals surface area contributed by atoms with Crippen LogP contribution in [-0.2, 0) is 16.0 Å². The van der Waals surface area contributed by atoms with Gasteiger partial charge in [-0.1, -0.05) is 68.1 Å². The number of aromatic nitrogens is 2. The van der Waals surface area contributed by atoms with Crippen LogP contribution in [0.1, 0.15) is 64.1 Å². The maximum atomic E-state index is 12.4. The number of hydrogen-bond donors (Lipinski definition) is 1. The maximum Gasteiger partial charge on any atom is 0.230 e. The van der Waals surface area contributed by atoms with Crippen LogP contribution in [0.2, 0.25) is 0 Å². The van der Waals surface area contributed by atoms with Crippen molar-refractivity contribution in [3.63, 3.8) is 0 Å². The molecule has 0 bridgehead atoms. The van der Waals surface area contributed by atoms with Gasteiger partial charge in [-0.25, -0.2) is 0 Å². The Morgan fingerprint density at radius 1 is 1.20 bits per heavy atom. The lowest BCUT2D eigenvalue weighted by Crippen LogP contribution is -2.32. The summed E-state index contributed by atoms with van der Waals surface area (Å²) in [5, 5.41) is 12.0. The number of hydrogen-bond acceptors (Lipinski definition) is 6. The molecule has 1 saturated carbocycles. The molecule has 6 nitrogen and oxygen atoms in total. The van der Waals surface area contributed by atoms with Gasteiger partial charge in [-0.15, -0.1) is 10.2 Å². The Morgan fingerprint density at radius 2 is 1.90 bits per heavy atom. The van der Waals surface area contributed by atoms with Crippen molar-refractivity contribution in [1.29, 1.82) is 0 Å². The molecule has 1 aliphatic carbocycles. The highest BCUT2D eigenvalue weighted by atomic mass is 32.2. The molecule has 1 N–H and O–H groups in total. The fourth-order valence-electron chi connectivity index (χ4n) is 3.24. The molecule has 0 spiro atoms. The first-order valence-corrected chi connectivity index (χ1v) is 12.3. The molecule has 8 heteroatoms. The van der Waals surface area contributed by atoms with Crippen molar-refractivity contribution in [2.24, 2.45) is 5.92 Å².